The molecule has 0 aliphatic carbocycles. The van der Waals surface area contributed by atoms with Gasteiger partial charge in [0.1, 0.15) is 40.3 Å². The lowest BCUT2D eigenvalue weighted by atomic mass is 9.72. The maximum absolute atomic E-state index is 14.3. The standard InChI is InChI=1S/C55H76ClN5O21S/c1-34-9-8-10-40(73-7)55(71)32-42(80-52(70)58-55)54(4)33-53(3,82-54)41(31-46(65)59(5)37-28-36(27-34)29-38(72-6)49(37)56)79-51(69)35(2)78-24-23-77-25-26-83-39-30-47(66)60(50(39)68)16-13-43(62)57-15-18-75-20-22-76-21-19-74-17-14-48(67)81-61-44(63)11-12-45(61)64/h8-10,28-29,35,39-42,71H,11-27,30-33H2,1-7H3,(H,57,62)(H,58,70)/b10-8+,34-9+/t35-,39?,40+,41-,42?,53+,54?,55-/m0/s1. The topological polar surface area (TPSA) is 309 Å². The highest BCUT2D eigenvalue weighted by Gasteiger charge is 2.63. The monoisotopic (exact) mass is 1210 g/mol. The van der Waals surface area contributed by atoms with Crippen molar-refractivity contribution < 1.29 is 100 Å². The number of nitrogens with one attached hydrogen (secondary N) is 2. The van der Waals surface area contributed by atoms with Crippen molar-refractivity contribution in [3.63, 3.8) is 0 Å². The Morgan fingerprint density at radius 2 is 1.54 bits per heavy atom. The summed E-state index contributed by atoms with van der Waals surface area (Å²) < 4.78 is 57.2. The number of esters is 1. The lowest BCUT2D eigenvalue weighted by Crippen LogP contribution is -2.72. The summed E-state index contributed by atoms with van der Waals surface area (Å²) in [5.41, 5.74) is -2.37. The number of anilines is 1. The largest absolute Gasteiger partial charge is 0.495 e. The van der Waals surface area contributed by atoms with Crippen molar-refractivity contribution in [2.45, 2.75) is 132 Å². The quantitative estimate of drug-likeness (QED) is 0.0617. The molecule has 4 fully saturated rings. The SMILES string of the molecule is COc1cc2cc(c1Cl)N(C)C(=O)C[C@H](OC(=O)[C@H](C)OCCOCCSC1CC(=O)N(CCC(=O)NCCOCCOCCOCCC(=O)ON3C(=O)CCC3=O)C1=O)[C@@]1(C)CC(C)(O1)C1C[C@@](O)(NC(=O)O1)[C@H](OC)/C=C/C=C(\C)C2. The minimum absolute atomic E-state index is 0.0116. The number of carbonyl (C=O) groups excluding carboxylic acids is 9. The first-order chi connectivity index (χ1) is 39.5. The second kappa shape index (κ2) is 30.9. The number of likely N-dealkylation sites (tertiary alicyclic amines) is 1. The van der Waals surface area contributed by atoms with E-state index in [1.807, 2.05) is 13.0 Å². The van der Waals surface area contributed by atoms with Crippen molar-refractivity contribution >= 4 is 82.5 Å². The number of hydrogen-bond acceptors (Lipinski definition) is 22. The zero-order chi connectivity index (χ0) is 60.5. The molecule has 0 spiro atoms. The number of allylic oxidation sites excluding steroid dienone is 3. The van der Waals surface area contributed by atoms with E-state index in [0.29, 0.717) is 28.7 Å². The maximum Gasteiger partial charge on any atom is 0.409 e. The molecule has 0 aromatic heterocycles. The van der Waals surface area contributed by atoms with Gasteiger partial charge in [-0.15, -0.1) is 16.8 Å². The number of halogens is 1. The third-order valence-corrected chi connectivity index (χ3v) is 15.9. The molecule has 6 bridgehead atoms. The number of aliphatic hydroxyl groups is 1. The van der Waals surface area contributed by atoms with Crippen LogP contribution < -0.4 is 20.3 Å². The van der Waals surface area contributed by atoms with Gasteiger partial charge in [0.05, 0.1) is 90.4 Å². The number of imide groups is 2. The fraction of sp³-hybridized carbons (Fsp3) is 0.655. The first kappa shape index (κ1) is 66.4. The molecule has 6 aliphatic rings. The predicted octanol–water partition coefficient (Wildman–Crippen LogP) is 2.65. The summed E-state index contributed by atoms with van der Waals surface area (Å²) in [6, 6.07) is 3.54. The molecule has 460 valence electrons. The van der Waals surface area contributed by atoms with Crippen LogP contribution in [0.4, 0.5) is 10.5 Å². The molecular weight excluding hydrogens is 1130 g/mol. The van der Waals surface area contributed by atoms with E-state index >= 15 is 0 Å². The highest BCUT2D eigenvalue weighted by Crippen LogP contribution is 2.50. The van der Waals surface area contributed by atoms with E-state index in [1.165, 1.54) is 37.8 Å². The third-order valence-electron chi connectivity index (χ3n) is 14.3. The Kier molecular flexibility index (Phi) is 24.7. The summed E-state index contributed by atoms with van der Waals surface area (Å²) in [6.45, 7) is 8.24. The highest BCUT2D eigenvalue weighted by atomic mass is 35.5. The van der Waals surface area contributed by atoms with Gasteiger partial charge in [0.15, 0.2) is 11.8 Å². The summed E-state index contributed by atoms with van der Waals surface area (Å²) in [5, 5.41) is 17.1. The first-order valence-electron chi connectivity index (χ1n) is 27.3. The lowest BCUT2D eigenvalue weighted by molar-refractivity contribution is -0.328. The number of carbonyl (C=O) groups is 9. The summed E-state index contributed by atoms with van der Waals surface area (Å²) in [7, 11) is 4.43. The van der Waals surface area contributed by atoms with E-state index in [1.54, 1.807) is 45.2 Å². The first-order valence-corrected chi connectivity index (χ1v) is 28.8. The molecule has 28 heteroatoms. The molecular formula is C55H76ClN5O21S. The number of alkyl carbamates (subject to hydrolysis) is 1. The predicted molar refractivity (Wildman–Crippen MR) is 294 cm³/mol. The van der Waals surface area contributed by atoms with Crippen molar-refractivity contribution in [3.05, 3.63) is 46.5 Å². The van der Waals surface area contributed by atoms with Crippen molar-refractivity contribution in [1.82, 2.24) is 20.6 Å². The molecule has 3 unspecified atom stereocenters. The highest BCUT2D eigenvalue weighted by molar-refractivity contribution is 8.00. The van der Waals surface area contributed by atoms with Crippen molar-refractivity contribution in [1.29, 1.82) is 0 Å². The van der Waals surface area contributed by atoms with E-state index in [2.05, 4.69) is 10.6 Å². The Bertz CT molecular complexity index is 2570. The van der Waals surface area contributed by atoms with Crippen molar-refractivity contribution in [3.8, 4) is 5.75 Å². The number of amides is 7. The van der Waals surface area contributed by atoms with E-state index < -0.39 is 88.3 Å². The van der Waals surface area contributed by atoms with Crippen LogP contribution in [-0.4, -0.2) is 215 Å². The maximum atomic E-state index is 14.3. The van der Waals surface area contributed by atoms with Gasteiger partial charge in [0.2, 0.25) is 23.6 Å². The third kappa shape index (κ3) is 18.4. The molecule has 0 radical (unpaired) electrons. The van der Waals surface area contributed by atoms with Crippen LogP contribution in [0.2, 0.25) is 5.02 Å². The molecule has 1 aromatic rings. The molecule has 4 saturated heterocycles. The second-order valence-electron chi connectivity index (χ2n) is 20.8. The zero-order valence-electron chi connectivity index (χ0n) is 47.9. The second-order valence-corrected chi connectivity index (χ2v) is 22.5. The van der Waals surface area contributed by atoms with Crippen molar-refractivity contribution in [2.24, 2.45) is 0 Å². The van der Waals surface area contributed by atoms with Crippen LogP contribution in [-0.2, 0) is 92.2 Å². The molecule has 1 aromatic carbocycles. The van der Waals surface area contributed by atoms with Gasteiger partial charge in [-0.2, -0.15) is 0 Å². The van der Waals surface area contributed by atoms with Crippen molar-refractivity contribution in [2.75, 3.05) is 104 Å². The van der Waals surface area contributed by atoms with Gasteiger partial charge in [-0.3, -0.25) is 39.0 Å². The lowest BCUT2D eigenvalue weighted by Gasteiger charge is -2.59. The Balaban J connectivity index is 0.889. The van der Waals surface area contributed by atoms with E-state index in [4.69, 9.17) is 63.8 Å². The molecule has 26 nitrogen and oxygen atoms in total. The Morgan fingerprint density at radius 3 is 2.23 bits per heavy atom. The van der Waals surface area contributed by atoms with E-state index in [0.717, 1.165) is 16.0 Å². The van der Waals surface area contributed by atoms with Crippen LogP contribution in [0.5, 0.6) is 5.75 Å². The minimum Gasteiger partial charge on any atom is -0.495 e. The fourth-order valence-electron chi connectivity index (χ4n) is 9.92. The van der Waals surface area contributed by atoms with Gasteiger partial charge < -0.3 is 67.5 Å². The van der Waals surface area contributed by atoms with Gasteiger partial charge in [-0.25, -0.2) is 14.4 Å². The molecule has 83 heavy (non-hydrogen) atoms. The number of hydroxylamine groups is 2. The summed E-state index contributed by atoms with van der Waals surface area (Å²) in [6.07, 6.45) is -0.193. The Hall–Kier alpha value is -5.75. The Morgan fingerprint density at radius 1 is 0.880 bits per heavy atom. The number of hydrogen-bond donors (Lipinski definition) is 3. The molecule has 6 heterocycles. The minimum atomic E-state index is -1.90. The van der Waals surface area contributed by atoms with Crippen LogP contribution in [0.15, 0.2) is 35.9 Å². The number of nitrogens with zero attached hydrogens (tertiary/aromatic N) is 3. The summed E-state index contributed by atoms with van der Waals surface area (Å²) in [5.74, 6) is -3.57. The summed E-state index contributed by atoms with van der Waals surface area (Å²) >= 11 is 8.05. The number of ether oxygens (including phenoxy) is 10. The molecule has 8 atom stereocenters. The van der Waals surface area contributed by atoms with Crippen LogP contribution in [0, 0.1) is 0 Å². The molecule has 7 amide bonds. The van der Waals surface area contributed by atoms with Crippen LogP contribution in [0.1, 0.15) is 84.6 Å². The molecule has 0 saturated carbocycles. The number of rotatable bonds is 28. The van der Waals surface area contributed by atoms with Gasteiger partial charge in [0, 0.05) is 71.5 Å². The summed E-state index contributed by atoms with van der Waals surface area (Å²) in [4.78, 5) is 121. The smallest absolute Gasteiger partial charge is 0.409 e. The normalized spacial score (nSPS) is 27.1. The van der Waals surface area contributed by atoms with Gasteiger partial charge in [0.25, 0.3) is 11.8 Å². The van der Waals surface area contributed by atoms with Crippen LogP contribution in [0.3, 0.4) is 0 Å². The number of benzene rings is 1. The van der Waals surface area contributed by atoms with Crippen LogP contribution in [0.25, 0.3) is 0 Å². The molecule has 6 aliphatic heterocycles. The van der Waals surface area contributed by atoms with E-state index in [9.17, 15) is 48.3 Å². The zero-order valence-corrected chi connectivity index (χ0v) is 49.4. The fourth-order valence-corrected chi connectivity index (χ4v) is 11.3. The number of methoxy groups -OCH3 is 2. The average molecular weight is 1210 g/mol. The average Bonchev–Trinajstić information content (AvgIpc) is 1.98. The van der Waals surface area contributed by atoms with Gasteiger partial charge in [-0.1, -0.05) is 35.4 Å². The molecule has 7 rings (SSSR count). The van der Waals surface area contributed by atoms with Gasteiger partial charge >= 0.3 is 18.0 Å². The molecule has 3 N–H and O–H groups in total. The number of fused-ring (bicyclic) bond motifs is 6. The Labute approximate surface area is 490 Å². The number of thioether (sulfide) groups is 1. The van der Waals surface area contributed by atoms with E-state index in [-0.39, 0.29) is 141 Å². The van der Waals surface area contributed by atoms with Gasteiger partial charge in [-0.05, 0) is 51.8 Å². The van der Waals surface area contributed by atoms with Crippen LogP contribution >= 0.6 is 23.4 Å².